The molecule has 0 aliphatic heterocycles. The van der Waals surface area contributed by atoms with Crippen molar-refractivity contribution in [3.8, 4) is 0 Å². The lowest BCUT2D eigenvalue weighted by Crippen LogP contribution is -1.97. The first-order valence-corrected chi connectivity index (χ1v) is 5.63. The van der Waals surface area contributed by atoms with Crippen LogP contribution in [0.15, 0.2) is 54.6 Å². The molecular formula is C14H15OP. The molecule has 0 spiro atoms. The number of carbonyl (C=O) groups is 1. The van der Waals surface area contributed by atoms with Gasteiger partial charge in [-0.25, -0.2) is 0 Å². The van der Waals surface area contributed by atoms with E-state index in [-0.39, 0.29) is 0 Å². The Morgan fingerprint density at radius 1 is 0.938 bits per heavy atom. The fraction of sp³-hybridized carbons (Fsp3) is 0.0714. The Morgan fingerprint density at radius 2 is 1.50 bits per heavy atom. The zero-order valence-electron chi connectivity index (χ0n) is 9.26. The van der Waals surface area contributed by atoms with E-state index in [0.29, 0.717) is 0 Å². The summed E-state index contributed by atoms with van der Waals surface area (Å²) in [6.07, 6.45) is 0.850. The van der Waals surface area contributed by atoms with Gasteiger partial charge in [0, 0.05) is 5.56 Å². The lowest BCUT2D eigenvalue weighted by Gasteiger charge is -1.92. The number of rotatable bonds is 1. The van der Waals surface area contributed by atoms with Crippen LogP contribution < -0.4 is 5.30 Å². The summed E-state index contributed by atoms with van der Waals surface area (Å²) in [6.45, 7) is 2.08. The summed E-state index contributed by atoms with van der Waals surface area (Å²) in [4.78, 5) is 10.2. The maximum atomic E-state index is 10.2. The van der Waals surface area contributed by atoms with E-state index >= 15 is 0 Å². The maximum absolute atomic E-state index is 10.2. The van der Waals surface area contributed by atoms with Crippen molar-refractivity contribution in [2.24, 2.45) is 0 Å². The third-order valence-corrected chi connectivity index (χ3v) is 2.59. The molecule has 1 nitrogen and oxygen atoms in total. The van der Waals surface area contributed by atoms with Crippen LogP contribution in [0.3, 0.4) is 0 Å². The SMILES string of the molecule is Cc1ccccc1.O=Cc1ccccc1P. The molecule has 0 N–H and O–H groups in total. The van der Waals surface area contributed by atoms with Gasteiger partial charge in [0.05, 0.1) is 0 Å². The molecule has 16 heavy (non-hydrogen) atoms. The zero-order chi connectivity index (χ0) is 11.8. The van der Waals surface area contributed by atoms with Gasteiger partial charge in [0.15, 0.2) is 6.29 Å². The zero-order valence-corrected chi connectivity index (χ0v) is 10.4. The molecule has 0 radical (unpaired) electrons. The molecule has 0 bridgehead atoms. The highest BCUT2D eigenvalue weighted by atomic mass is 31.0. The normalized spacial score (nSPS) is 8.88. The van der Waals surface area contributed by atoms with Crippen molar-refractivity contribution < 1.29 is 4.79 Å². The van der Waals surface area contributed by atoms with E-state index in [1.807, 2.05) is 36.4 Å². The van der Waals surface area contributed by atoms with Gasteiger partial charge in [-0.05, 0) is 12.2 Å². The van der Waals surface area contributed by atoms with Crippen molar-refractivity contribution in [3.63, 3.8) is 0 Å². The first kappa shape index (κ1) is 12.6. The molecule has 0 saturated carbocycles. The van der Waals surface area contributed by atoms with E-state index in [4.69, 9.17) is 0 Å². The molecule has 1 atom stereocenters. The second-order valence-electron chi connectivity index (χ2n) is 3.40. The number of aldehydes is 1. The monoisotopic (exact) mass is 230 g/mol. The fourth-order valence-corrected chi connectivity index (χ4v) is 1.43. The fourth-order valence-electron chi connectivity index (χ4n) is 1.15. The van der Waals surface area contributed by atoms with Crippen molar-refractivity contribution in [3.05, 3.63) is 65.7 Å². The van der Waals surface area contributed by atoms with E-state index in [1.165, 1.54) is 5.56 Å². The van der Waals surface area contributed by atoms with Crippen LogP contribution in [0.25, 0.3) is 0 Å². The smallest absolute Gasteiger partial charge is 0.150 e. The largest absolute Gasteiger partial charge is 0.298 e. The lowest BCUT2D eigenvalue weighted by molar-refractivity contribution is 0.112. The van der Waals surface area contributed by atoms with Crippen LogP contribution in [0.4, 0.5) is 0 Å². The minimum absolute atomic E-state index is 0.738. The third kappa shape index (κ3) is 4.37. The molecular weight excluding hydrogens is 215 g/mol. The molecule has 1 unspecified atom stereocenters. The number of hydrogen-bond donors (Lipinski definition) is 0. The summed E-state index contributed by atoms with van der Waals surface area (Å²) in [5, 5.41) is 0.951. The van der Waals surface area contributed by atoms with Gasteiger partial charge >= 0.3 is 0 Å². The highest BCUT2D eigenvalue weighted by Crippen LogP contribution is 1.95. The molecule has 82 valence electrons. The van der Waals surface area contributed by atoms with Crippen LogP contribution in [0, 0.1) is 6.92 Å². The Morgan fingerprint density at radius 3 is 1.88 bits per heavy atom. The second-order valence-corrected chi connectivity index (χ2v) is 4.02. The van der Waals surface area contributed by atoms with Gasteiger partial charge in [-0.1, -0.05) is 60.2 Å². The van der Waals surface area contributed by atoms with Gasteiger partial charge in [-0.15, -0.1) is 9.24 Å². The molecule has 2 rings (SSSR count). The maximum Gasteiger partial charge on any atom is 0.150 e. The molecule has 0 fully saturated rings. The van der Waals surface area contributed by atoms with Crippen molar-refractivity contribution in [1.82, 2.24) is 0 Å². The van der Waals surface area contributed by atoms with Crippen LogP contribution in [-0.4, -0.2) is 6.29 Å². The summed E-state index contributed by atoms with van der Waals surface area (Å²) in [5.74, 6) is 0. The summed E-state index contributed by atoms with van der Waals surface area (Å²) in [7, 11) is 2.50. The van der Waals surface area contributed by atoms with E-state index < -0.39 is 0 Å². The van der Waals surface area contributed by atoms with E-state index in [0.717, 1.165) is 17.2 Å². The van der Waals surface area contributed by atoms with Gasteiger partial charge < -0.3 is 0 Å². The second kappa shape index (κ2) is 6.92. The molecule has 0 aliphatic rings. The Kier molecular flexibility index (Phi) is 5.45. The summed E-state index contributed by atoms with van der Waals surface area (Å²) in [5.41, 5.74) is 2.06. The predicted molar refractivity (Wildman–Crippen MR) is 72.4 cm³/mol. The minimum atomic E-state index is 0.738. The quantitative estimate of drug-likeness (QED) is 0.543. The van der Waals surface area contributed by atoms with Gasteiger partial charge in [0.25, 0.3) is 0 Å². The first-order valence-electron chi connectivity index (χ1n) is 5.05. The Labute approximate surface area is 98.7 Å². The highest BCUT2D eigenvalue weighted by Gasteiger charge is 1.90. The Hall–Kier alpha value is -1.46. The number of benzene rings is 2. The molecule has 2 aromatic carbocycles. The minimum Gasteiger partial charge on any atom is -0.298 e. The third-order valence-electron chi connectivity index (χ3n) is 2.06. The first-order chi connectivity index (χ1) is 7.74. The van der Waals surface area contributed by atoms with Crippen LogP contribution in [-0.2, 0) is 0 Å². The topological polar surface area (TPSA) is 17.1 Å². The van der Waals surface area contributed by atoms with Gasteiger partial charge in [0.2, 0.25) is 0 Å². The summed E-state index contributed by atoms with van der Waals surface area (Å²) >= 11 is 0. The Balaban J connectivity index is 0.000000165. The molecule has 2 heteroatoms. The average Bonchev–Trinajstić information content (AvgIpc) is 2.31. The van der Waals surface area contributed by atoms with Crippen molar-refractivity contribution in [1.29, 1.82) is 0 Å². The highest BCUT2D eigenvalue weighted by molar-refractivity contribution is 7.27. The summed E-state index contributed by atoms with van der Waals surface area (Å²) in [6, 6.07) is 17.7. The van der Waals surface area contributed by atoms with Gasteiger partial charge in [-0.3, -0.25) is 4.79 Å². The van der Waals surface area contributed by atoms with Crippen molar-refractivity contribution >= 4 is 20.8 Å². The number of hydrogen-bond acceptors (Lipinski definition) is 1. The van der Waals surface area contributed by atoms with Gasteiger partial charge in [-0.2, -0.15) is 0 Å². The molecule has 0 amide bonds. The van der Waals surface area contributed by atoms with Crippen LogP contribution in [0.1, 0.15) is 15.9 Å². The molecule has 0 aliphatic carbocycles. The molecule has 2 aromatic rings. The van der Waals surface area contributed by atoms with E-state index in [2.05, 4.69) is 28.3 Å². The average molecular weight is 230 g/mol. The lowest BCUT2D eigenvalue weighted by atomic mass is 10.2. The Bertz CT molecular complexity index is 437. The van der Waals surface area contributed by atoms with Crippen LogP contribution in [0.5, 0.6) is 0 Å². The molecule has 0 saturated heterocycles. The van der Waals surface area contributed by atoms with Gasteiger partial charge in [0.1, 0.15) is 0 Å². The van der Waals surface area contributed by atoms with E-state index in [1.54, 1.807) is 6.07 Å². The van der Waals surface area contributed by atoms with Crippen LogP contribution >= 0.6 is 9.24 Å². The van der Waals surface area contributed by atoms with Crippen molar-refractivity contribution in [2.75, 3.05) is 0 Å². The number of aryl methyl sites for hydroxylation is 1. The van der Waals surface area contributed by atoms with Crippen molar-refractivity contribution in [2.45, 2.75) is 6.92 Å². The molecule has 0 aromatic heterocycles. The predicted octanol–water partition coefficient (Wildman–Crippen LogP) is 2.99. The van der Waals surface area contributed by atoms with Crippen LogP contribution in [0.2, 0.25) is 0 Å². The summed E-state index contributed by atoms with van der Waals surface area (Å²) < 4.78 is 0. The standard InChI is InChI=1S/C7H7OP.C7H8/c8-5-6-3-1-2-4-7(6)9;1-7-5-3-2-4-6-7/h1-5H,9H2;2-6H,1H3. The van der Waals surface area contributed by atoms with E-state index in [9.17, 15) is 4.79 Å². The number of carbonyl (C=O) groups excluding carboxylic acids is 1. The molecule has 0 heterocycles.